The van der Waals surface area contributed by atoms with Gasteiger partial charge in [-0.05, 0) is 67.1 Å². The molecule has 0 saturated heterocycles. The number of carbonyl (C=O) groups is 3. The number of benzene rings is 2. The molecule has 1 aliphatic carbocycles. The summed E-state index contributed by atoms with van der Waals surface area (Å²) >= 11 is 0. The van der Waals surface area contributed by atoms with Crippen LogP contribution in [0.3, 0.4) is 0 Å². The van der Waals surface area contributed by atoms with Crippen LogP contribution in [0.4, 0.5) is 5.69 Å². The van der Waals surface area contributed by atoms with Crippen LogP contribution in [0.5, 0.6) is 5.75 Å². The lowest BCUT2D eigenvalue weighted by atomic mass is 10.0. The molecule has 0 unspecified atom stereocenters. The number of aryl methyl sites for hydroxylation is 3. The van der Waals surface area contributed by atoms with Gasteiger partial charge in [-0.15, -0.1) is 0 Å². The van der Waals surface area contributed by atoms with Gasteiger partial charge in [0.2, 0.25) is 5.91 Å². The van der Waals surface area contributed by atoms with E-state index >= 15 is 0 Å². The van der Waals surface area contributed by atoms with Crippen LogP contribution in [0.15, 0.2) is 41.0 Å². The van der Waals surface area contributed by atoms with Gasteiger partial charge < -0.3 is 24.5 Å². The van der Waals surface area contributed by atoms with E-state index in [0.717, 1.165) is 41.4 Å². The highest BCUT2D eigenvalue weighted by Gasteiger charge is 2.18. The molecule has 0 saturated carbocycles. The number of hydrogen-bond acceptors (Lipinski definition) is 6. The van der Waals surface area contributed by atoms with Crippen molar-refractivity contribution < 1.29 is 28.3 Å². The summed E-state index contributed by atoms with van der Waals surface area (Å²) in [6.45, 7) is 1.17. The molecule has 33 heavy (non-hydrogen) atoms. The average Bonchev–Trinajstić information content (AvgIpc) is 3.41. The first-order valence-electron chi connectivity index (χ1n) is 10.8. The molecule has 2 N–H and O–H groups in total. The molecule has 0 radical (unpaired) electrons. The minimum atomic E-state index is -0.565. The second-order valence-electron chi connectivity index (χ2n) is 8.10. The van der Waals surface area contributed by atoms with E-state index in [1.54, 1.807) is 18.4 Å². The van der Waals surface area contributed by atoms with E-state index < -0.39 is 24.4 Å². The van der Waals surface area contributed by atoms with Crippen LogP contribution in [0.2, 0.25) is 0 Å². The Hall–Kier alpha value is -3.81. The largest absolute Gasteiger partial charge is 0.495 e. The molecule has 0 bridgehead atoms. The number of amides is 2. The third-order valence-corrected chi connectivity index (χ3v) is 5.64. The van der Waals surface area contributed by atoms with Crippen LogP contribution >= 0.6 is 0 Å². The van der Waals surface area contributed by atoms with Gasteiger partial charge >= 0.3 is 5.97 Å². The molecule has 1 heterocycles. The molecule has 8 heteroatoms. The Kier molecular flexibility index (Phi) is 6.63. The second-order valence-corrected chi connectivity index (χ2v) is 8.10. The van der Waals surface area contributed by atoms with Crippen molar-refractivity contribution in [2.24, 2.45) is 0 Å². The summed E-state index contributed by atoms with van der Waals surface area (Å²) in [6, 6.07) is 9.51. The Morgan fingerprint density at radius 1 is 1.06 bits per heavy atom. The number of carbonyl (C=O) groups excluding carboxylic acids is 3. The first-order valence-corrected chi connectivity index (χ1v) is 10.8. The number of anilines is 1. The molecule has 2 amide bonds. The zero-order valence-electron chi connectivity index (χ0n) is 18.7. The maximum absolute atomic E-state index is 12.2. The van der Waals surface area contributed by atoms with E-state index in [9.17, 15) is 14.4 Å². The van der Waals surface area contributed by atoms with Crippen molar-refractivity contribution in [1.29, 1.82) is 0 Å². The first-order chi connectivity index (χ1) is 15.9. The van der Waals surface area contributed by atoms with Crippen LogP contribution in [0, 0.1) is 6.92 Å². The summed E-state index contributed by atoms with van der Waals surface area (Å²) < 4.78 is 15.9. The smallest absolute Gasteiger partial charge is 0.310 e. The minimum absolute atomic E-state index is 0.00665. The molecule has 172 valence electrons. The molecule has 8 nitrogen and oxygen atoms in total. The Labute approximate surface area is 191 Å². The number of nitrogens with one attached hydrogen (secondary N) is 2. The number of methoxy groups -OCH3 is 1. The highest BCUT2D eigenvalue weighted by atomic mass is 16.5. The minimum Gasteiger partial charge on any atom is -0.495 e. The van der Waals surface area contributed by atoms with Crippen LogP contribution in [-0.2, 0) is 38.4 Å². The fourth-order valence-electron chi connectivity index (χ4n) is 3.98. The summed E-state index contributed by atoms with van der Waals surface area (Å²) in [7, 11) is 1.51. The lowest BCUT2D eigenvalue weighted by Gasteiger charge is -2.11. The van der Waals surface area contributed by atoms with Crippen molar-refractivity contribution in [1.82, 2.24) is 5.32 Å². The Morgan fingerprint density at radius 3 is 2.64 bits per heavy atom. The lowest BCUT2D eigenvalue weighted by Crippen LogP contribution is -2.35. The molecule has 4 rings (SSSR count). The molecule has 0 fully saturated rings. The maximum Gasteiger partial charge on any atom is 0.310 e. The van der Waals surface area contributed by atoms with Gasteiger partial charge in [-0.2, -0.15) is 0 Å². The molecule has 0 spiro atoms. The quantitative estimate of drug-likeness (QED) is 0.511. The average molecular weight is 450 g/mol. The predicted molar refractivity (Wildman–Crippen MR) is 122 cm³/mol. The molecule has 0 atom stereocenters. The third kappa shape index (κ3) is 5.34. The molecule has 1 aliphatic rings. The number of fused-ring (bicyclic) bond motifs is 2. The molecule has 1 aromatic heterocycles. The zero-order chi connectivity index (χ0) is 23.4. The van der Waals surface area contributed by atoms with Crippen molar-refractivity contribution in [3.63, 3.8) is 0 Å². The second kappa shape index (κ2) is 9.77. The number of furan rings is 1. The summed E-state index contributed by atoms with van der Waals surface area (Å²) in [6.07, 6.45) is 4.78. The molecular formula is C25H26N2O6. The zero-order valence-corrected chi connectivity index (χ0v) is 18.7. The number of rotatable bonds is 8. The summed E-state index contributed by atoms with van der Waals surface area (Å²) in [4.78, 5) is 36.4. The van der Waals surface area contributed by atoms with E-state index in [2.05, 4.69) is 16.7 Å². The summed E-state index contributed by atoms with van der Waals surface area (Å²) in [5.41, 5.74) is 5.55. The van der Waals surface area contributed by atoms with E-state index in [1.165, 1.54) is 18.2 Å². The van der Waals surface area contributed by atoms with Crippen molar-refractivity contribution in [3.05, 3.63) is 58.8 Å². The first kappa shape index (κ1) is 22.4. The van der Waals surface area contributed by atoms with E-state index in [-0.39, 0.29) is 13.0 Å². The monoisotopic (exact) mass is 450 g/mol. The molecule has 2 aromatic carbocycles. The van der Waals surface area contributed by atoms with Gasteiger partial charge in [0.25, 0.3) is 5.91 Å². The van der Waals surface area contributed by atoms with Gasteiger partial charge in [0.05, 0.1) is 32.0 Å². The normalized spacial score (nSPS) is 12.3. The Balaban J connectivity index is 1.24. The van der Waals surface area contributed by atoms with Gasteiger partial charge in [0.15, 0.2) is 6.61 Å². The van der Waals surface area contributed by atoms with Gasteiger partial charge in [-0.1, -0.05) is 6.07 Å². The summed E-state index contributed by atoms with van der Waals surface area (Å²) in [5.74, 6) is -1.01. The van der Waals surface area contributed by atoms with Crippen molar-refractivity contribution in [2.45, 2.75) is 32.6 Å². The highest BCUT2D eigenvalue weighted by Crippen LogP contribution is 2.30. The third-order valence-electron chi connectivity index (χ3n) is 5.64. The van der Waals surface area contributed by atoms with Crippen molar-refractivity contribution in [2.75, 3.05) is 25.6 Å². The number of ether oxygens (including phenoxy) is 2. The van der Waals surface area contributed by atoms with Gasteiger partial charge in [-0.3, -0.25) is 14.4 Å². The van der Waals surface area contributed by atoms with E-state index in [4.69, 9.17) is 13.9 Å². The summed E-state index contributed by atoms with van der Waals surface area (Å²) in [5, 5.41) is 6.03. The van der Waals surface area contributed by atoms with E-state index in [1.807, 2.05) is 19.1 Å². The highest BCUT2D eigenvalue weighted by molar-refractivity contribution is 5.96. The standard InChI is InChI=1S/C25H26N2O6/c1-15-6-7-21(31-2)20(8-15)27-23(28)12-26-24(29)14-33-25(30)11-18-13-32-22-10-17-5-3-4-16(17)9-19(18)22/h6-10,13H,3-5,11-12,14H2,1-2H3,(H,26,29)(H,27,28). The van der Waals surface area contributed by atoms with Crippen LogP contribution < -0.4 is 15.4 Å². The fourth-order valence-corrected chi connectivity index (χ4v) is 3.98. The van der Waals surface area contributed by atoms with Crippen molar-refractivity contribution in [3.8, 4) is 5.75 Å². The maximum atomic E-state index is 12.2. The Bertz CT molecular complexity index is 1210. The van der Waals surface area contributed by atoms with Crippen molar-refractivity contribution >= 4 is 34.4 Å². The van der Waals surface area contributed by atoms with Crippen LogP contribution in [-0.4, -0.2) is 38.0 Å². The topological polar surface area (TPSA) is 107 Å². The molecular weight excluding hydrogens is 424 g/mol. The molecule has 0 aliphatic heterocycles. The van der Waals surface area contributed by atoms with Crippen LogP contribution in [0.1, 0.15) is 28.7 Å². The molecule has 3 aromatic rings. The Morgan fingerprint density at radius 2 is 1.85 bits per heavy atom. The van der Waals surface area contributed by atoms with Crippen LogP contribution in [0.25, 0.3) is 11.0 Å². The van der Waals surface area contributed by atoms with Gasteiger partial charge in [-0.25, -0.2) is 0 Å². The predicted octanol–water partition coefficient (Wildman–Crippen LogP) is 3.08. The fraction of sp³-hybridized carbons (Fsp3) is 0.320. The SMILES string of the molecule is COc1ccc(C)cc1NC(=O)CNC(=O)COC(=O)Cc1coc2cc3c(cc12)CCC3. The number of hydrogen-bond donors (Lipinski definition) is 2. The lowest BCUT2D eigenvalue weighted by molar-refractivity contribution is -0.147. The number of esters is 1. The van der Waals surface area contributed by atoms with Gasteiger partial charge in [0.1, 0.15) is 11.3 Å². The van der Waals surface area contributed by atoms with E-state index in [0.29, 0.717) is 11.4 Å². The van der Waals surface area contributed by atoms with Gasteiger partial charge in [0, 0.05) is 10.9 Å².